The molecule has 0 fully saturated rings. The van der Waals surface area contributed by atoms with Crippen LogP contribution in [0.3, 0.4) is 0 Å². The van der Waals surface area contributed by atoms with E-state index in [1.165, 1.54) is 55.7 Å². The van der Waals surface area contributed by atoms with Crippen molar-refractivity contribution in [3.8, 4) is 22.5 Å². The fourth-order valence-electron chi connectivity index (χ4n) is 9.84. The highest BCUT2D eigenvalue weighted by Gasteiger charge is 2.50. The number of rotatable bonds is 5. The van der Waals surface area contributed by atoms with E-state index in [4.69, 9.17) is 9.97 Å². The number of nitrogens with zero attached hydrogens (tertiary/aromatic N) is 4. The summed E-state index contributed by atoms with van der Waals surface area (Å²) < 4.78 is 4.61. The van der Waals surface area contributed by atoms with E-state index in [1.807, 2.05) is 24.5 Å². The molecule has 6 aromatic carbocycles. The molecule has 57 heavy (non-hydrogen) atoms. The van der Waals surface area contributed by atoms with Gasteiger partial charge < -0.3 is 9.88 Å². The van der Waals surface area contributed by atoms with Gasteiger partial charge in [0.05, 0.1) is 23.2 Å². The molecule has 268 valence electrons. The molecule has 0 unspecified atom stereocenters. The molecule has 1 aliphatic carbocycles. The molecule has 12 rings (SSSR count). The first-order chi connectivity index (χ1) is 28.3. The van der Waals surface area contributed by atoms with E-state index < -0.39 is 5.41 Å². The molecule has 2 aliphatic rings. The molecule has 5 heterocycles. The van der Waals surface area contributed by atoms with Crippen LogP contribution in [0.25, 0.3) is 61.0 Å². The van der Waals surface area contributed by atoms with Gasteiger partial charge in [0.1, 0.15) is 11.3 Å². The lowest BCUT2D eigenvalue weighted by Gasteiger charge is -2.37. The number of hydrogen-bond acceptors (Lipinski definition) is 3. The van der Waals surface area contributed by atoms with Crippen LogP contribution in [0.1, 0.15) is 33.5 Å². The van der Waals surface area contributed by atoms with Gasteiger partial charge in [-0.1, -0.05) is 127 Å². The smallest absolute Gasteiger partial charge is 0.146 e. The highest BCUT2D eigenvalue weighted by atomic mass is 15.1. The molecule has 0 saturated carbocycles. The second kappa shape index (κ2) is 12.3. The maximum Gasteiger partial charge on any atom is 0.146 e. The number of aromatic nitrogens is 4. The predicted octanol–water partition coefficient (Wildman–Crippen LogP) is 11.4. The lowest BCUT2D eigenvalue weighted by Crippen LogP contribution is -2.37. The zero-order valence-electron chi connectivity index (χ0n) is 31.0. The molecule has 1 N–H and O–H groups in total. The average molecular weight is 730 g/mol. The third-order valence-electron chi connectivity index (χ3n) is 12.2. The molecule has 1 aliphatic heterocycles. The monoisotopic (exact) mass is 729 g/mol. The molecule has 0 bridgehead atoms. The van der Waals surface area contributed by atoms with Crippen molar-refractivity contribution in [2.45, 2.75) is 12.0 Å². The van der Waals surface area contributed by atoms with Crippen molar-refractivity contribution in [2.75, 3.05) is 0 Å². The first kappa shape index (κ1) is 31.8. The zero-order valence-corrected chi connectivity index (χ0v) is 31.0. The number of allylic oxidation sites excluding steroid dienone is 1. The number of nitrogens with one attached hydrogen (secondary N) is 1. The van der Waals surface area contributed by atoms with E-state index in [-0.39, 0.29) is 0 Å². The molecule has 0 atom stereocenters. The highest BCUT2D eigenvalue weighted by molar-refractivity contribution is 6.07. The molecule has 5 heteroatoms. The highest BCUT2D eigenvalue weighted by Crippen LogP contribution is 2.57. The minimum absolute atomic E-state index is 0.471. The minimum atomic E-state index is -0.471. The van der Waals surface area contributed by atoms with Gasteiger partial charge in [-0.05, 0) is 88.0 Å². The average Bonchev–Trinajstić information content (AvgIpc) is 3.92. The largest absolute Gasteiger partial charge is 0.381 e. The molecule has 0 spiro atoms. The molecule has 4 aromatic heterocycles. The van der Waals surface area contributed by atoms with Crippen molar-refractivity contribution in [2.24, 2.45) is 0 Å². The third kappa shape index (κ3) is 4.45. The van der Waals surface area contributed by atoms with Crippen LogP contribution in [0.5, 0.6) is 0 Å². The van der Waals surface area contributed by atoms with Gasteiger partial charge in [0.2, 0.25) is 0 Å². The summed E-state index contributed by atoms with van der Waals surface area (Å²) >= 11 is 0. The minimum Gasteiger partial charge on any atom is -0.381 e. The van der Waals surface area contributed by atoms with Crippen LogP contribution in [0.2, 0.25) is 0 Å². The Labute approximate surface area is 329 Å². The lowest BCUT2D eigenvalue weighted by molar-refractivity contribution is 0.629. The number of para-hydroxylation sites is 1. The van der Waals surface area contributed by atoms with Crippen molar-refractivity contribution in [3.63, 3.8) is 0 Å². The molecular formula is C52H35N5. The summed E-state index contributed by atoms with van der Waals surface area (Å²) in [5, 5.41) is 7.54. The summed E-state index contributed by atoms with van der Waals surface area (Å²) in [6.07, 6.45) is 3.69. The molecule has 0 amide bonds. The summed E-state index contributed by atoms with van der Waals surface area (Å²) in [6, 6.07) is 65.9. The Hall–Kier alpha value is -7.50. The Bertz CT molecular complexity index is 3120. The van der Waals surface area contributed by atoms with Crippen LogP contribution < -0.4 is 5.32 Å². The first-order valence-electron chi connectivity index (χ1n) is 19.5. The van der Waals surface area contributed by atoms with Gasteiger partial charge in [-0.15, -0.1) is 0 Å². The van der Waals surface area contributed by atoms with Gasteiger partial charge in [-0.25, -0.2) is 9.97 Å². The Balaban J connectivity index is 0.984. The fraction of sp³-hybridized carbons (Fsp3) is 0.0385. The van der Waals surface area contributed by atoms with Gasteiger partial charge in [0.15, 0.2) is 0 Å². The van der Waals surface area contributed by atoms with E-state index in [1.54, 1.807) is 0 Å². The van der Waals surface area contributed by atoms with E-state index in [0.29, 0.717) is 6.54 Å². The lowest BCUT2D eigenvalue weighted by atomic mass is 9.69. The number of fused-ring (bicyclic) bond motifs is 9. The number of pyridine rings is 2. The van der Waals surface area contributed by atoms with Gasteiger partial charge in [-0.3, -0.25) is 4.57 Å². The number of hydrogen-bond donors (Lipinski definition) is 1. The second-order valence-electron chi connectivity index (χ2n) is 15.0. The van der Waals surface area contributed by atoms with Gasteiger partial charge >= 0.3 is 0 Å². The van der Waals surface area contributed by atoms with Crippen molar-refractivity contribution in [1.82, 2.24) is 24.4 Å². The van der Waals surface area contributed by atoms with Crippen LogP contribution in [-0.2, 0) is 12.0 Å². The van der Waals surface area contributed by atoms with Crippen molar-refractivity contribution in [1.29, 1.82) is 0 Å². The summed E-state index contributed by atoms with van der Waals surface area (Å²) in [4.78, 5) is 9.48. The SMILES string of the molecule is c1ccc(C2(c3ccccc3)C3=C(c4ccccc42)c2c(n(-c4ccc(-c5ccc(-n6c7ncccc7c7cccnc76)cc5)cc4)c4ccccc24)CN3)cc1. The van der Waals surface area contributed by atoms with E-state index >= 15 is 0 Å². The fourth-order valence-corrected chi connectivity index (χ4v) is 9.84. The standard InChI is InChI=1S/C52H35N5/c1-3-13-36(14-4-1)52(37-15-5-2-6-16-37)44-21-9-7-17-42(44)48-47-43-18-8-10-22-45(43)56(46(47)33-55-49(48)52)38-27-23-34(24-28-38)35-25-29-39(30-26-35)57-50-40(19-11-31-53-50)41-20-12-32-54-51(41)57/h1-32,55H,33H2. The van der Waals surface area contributed by atoms with Crippen molar-refractivity contribution in [3.05, 3.63) is 234 Å². The molecular weight excluding hydrogens is 695 g/mol. The maximum atomic E-state index is 4.74. The topological polar surface area (TPSA) is 47.7 Å². The molecule has 10 aromatic rings. The molecule has 5 nitrogen and oxygen atoms in total. The molecule has 0 radical (unpaired) electrons. The van der Waals surface area contributed by atoms with Crippen LogP contribution in [0.15, 0.2) is 200 Å². The summed E-state index contributed by atoms with van der Waals surface area (Å²) in [5.74, 6) is 0. The summed E-state index contributed by atoms with van der Waals surface area (Å²) in [5.41, 5.74) is 17.3. The third-order valence-corrected chi connectivity index (χ3v) is 12.2. The Morgan fingerprint density at radius 2 is 1.00 bits per heavy atom. The maximum absolute atomic E-state index is 4.74. The summed E-state index contributed by atoms with van der Waals surface area (Å²) in [7, 11) is 0. The Kier molecular flexibility index (Phi) is 6.84. The molecule has 0 saturated heterocycles. The summed E-state index contributed by atoms with van der Waals surface area (Å²) in [6.45, 7) is 0.702. The van der Waals surface area contributed by atoms with Gasteiger partial charge in [0, 0.05) is 56.8 Å². The van der Waals surface area contributed by atoms with E-state index in [2.05, 4.69) is 184 Å². The van der Waals surface area contributed by atoms with E-state index in [9.17, 15) is 0 Å². The number of benzene rings is 6. The first-order valence-corrected chi connectivity index (χ1v) is 19.5. The van der Waals surface area contributed by atoms with Crippen LogP contribution in [0, 0.1) is 0 Å². The quantitative estimate of drug-likeness (QED) is 0.192. The Morgan fingerprint density at radius 3 is 1.63 bits per heavy atom. The zero-order chi connectivity index (χ0) is 37.5. The van der Waals surface area contributed by atoms with Crippen molar-refractivity contribution < 1.29 is 0 Å². The van der Waals surface area contributed by atoms with Crippen LogP contribution in [0.4, 0.5) is 0 Å². The van der Waals surface area contributed by atoms with Gasteiger partial charge in [0.25, 0.3) is 0 Å². The normalized spacial score (nSPS) is 14.1. The van der Waals surface area contributed by atoms with Crippen LogP contribution in [-0.4, -0.2) is 19.1 Å². The van der Waals surface area contributed by atoms with Gasteiger partial charge in [-0.2, -0.15) is 0 Å². The predicted molar refractivity (Wildman–Crippen MR) is 231 cm³/mol. The Morgan fingerprint density at radius 1 is 0.474 bits per heavy atom. The van der Waals surface area contributed by atoms with Crippen LogP contribution >= 0.6 is 0 Å². The van der Waals surface area contributed by atoms with Crippen molar-refractivity contribution >= 4 is 38.5 Å². The van der Waals surface area contributed by atoms with E-state index in [0.717, 1.165) is 44.6 Å². The second-order valence-corrected chi connectivity index (χ2v) is 15.0.